The van der Waals surface area contributed by atoms with E-state index in [1.807, 2.05) is 6.92 Å². The first-order chi connectivity index (χ1) is 15.5. The van der Waals surface area contributed by atoms with E-state index in [2.05, 4.69) is 0 Å². The van der Waals surface area contributed by atoms with Gasteiger partial charge < -0.3 is 14.5 Å². The highest BCUT2D eigenvalue weighted by molar-refractivity contribution is 7.92. The molecule has 0 radical (unpaired) electrons. The van der Waals surface area contributed by atoms with E-state index in [1.54, 1.807) is 35.2 Å². The Bertz CT molecular complexity index is 1070. The molecule has 180 valence electrons. The molecule has 1 fully saturated rings. The third kappa shape index (κ3) is 6.31. The van der Waals surface area contributed by atoms with Crippen LogP contribution in [0.1, 0.15) is 12.5 Å². The lowest BCUT2D eigenvalue weighted by Crippen LogP contribution is -2.52. The van der Waals surface area contributed by atoms with Gasteiger partial charge in [-0.25, -0.2) is 8.42 Å². The lowest BCUT2D eigenvalue weighted by Gasteiger charge is -2.37. The summed E-state index contributed by atoms with van der Waals surface area (Å²) in [5, 5.41) is 0. The molecule has 1 aliphatic heterocycles. The van der Waals surface area contributed by atoms with Crippen molar-refractivity contribution in [2.45, 2.75) is 13.1 Å². The highest BCUT2D eigenvalue weighted by Gasteiger charge is 2.31. The average molecular weight is 486 g/mol. The van der Waals surface area contributed by atoms with Crippen LogP contribution in [0.25, 0.3) is 0 Å². The number of sulfonamides is 1. The molecule has 0 bridgehead atoms. The summed E-state index contributed by atoms with van der Waals surface area (Å²) in [4.78, 5) is 16.2. The minimum Gasteiger partial charge on any atom is -0.494 e. The molecule has 1 amide bonds. The Balaban J connectivity index is 1.65. The topological polar surface area (TPSA) is 70.2 Å². The third-order valence-electron chi connectivity index (χ3n) is 5.29. The van der Waals surface area contributed by atoms with Gasteiger partial charge in [0.15, 0.2) is 0 Å². The maximum Gasteiger partial charge on any atom is 0.416 e. The number of carbonyl (C=O) groups is 1. The standard InChI is InChI=1S/C22H26F3N3O4S/c1-3-32-20-9-7-18(8-10-20)28(33(2,30)31)16-21(29)27-13-11-26(12-14-27)19-6-4-5-17(15-19)22(23,24)25/h4-10,15H,3,11-14,16H2,1-2H3. The zero-order valence-corrected chi connectivity index (χ0v) is 19.2. The second kappa shape index (κ2) is 9.90. The summed E-state index contributed by atoms with van der Waals surface area (Å²) in [6.07, 6.45) is -3.40. The van der Waals surface area contributed by atoms with Gasteiger partial charge in [0.05, 0.1) is 24.1 Å². The Morgan fingerprint density at radius 3 is 2.24 bits per heavy atom. The number of rotatable bonds is 7. The Morgan fingerprint density at radius 1 is 1.06 bits per heavy atom. The number of carbonyl (C=O) groups excluding carboxylic acids is 1. The molecule has 0 unspecified atom stereocenters. The molecule has 1 heterocycles. The fraction of sp³-hybridized carbons (Fsp3) is 0.409. The predicted octanol–water partition coefficient (Wildman–Crippen LogP) is 3.22. The molecule has 0 atom stereocenters. The zero-order valence-electron chi connectivity index (χ0n) is 18.4. The van der Waals surface area contributed by atoms with Crippen LogP contribution in [-0.2, 0) is 21.0 Å². The number of amides is 1. The largest absolute Gasteiger partial charge is 0.494 e. The number of alkyl halides is 3. The highest BCUT2D eigenvalue weighted by Crippen LogP contribution is 2.32. The first-order valence-electron chi connectivity index (χ1n) is 10.4. The van der Waals surface area contributed by atoms with Gasteiger partial charge in [0.2, 0.25) is 15.9 Å². The number of hydrogen-bond acceptors (Lipinski definition) is 5. The van der Waals surface area contributed by atoms with Crippen LogP contribution in [0.15, 0.2) is 48.5 Å². The Kier molecular flexibility index (Phi) is 7.41. The van der Waals surface area contributed by atoms with Crippen LogP contribution >= 0.6 is 0 Å². The smallest absolute Gasteiger partial charge is 0.416 e. The van der Waals surface area contributed by atoms with Crippen molar-refractivity contribution in [3.63, 3.8) is 0 Å². The minimum atomic E-state index is -4.43. The second-order valence-electron chi connectivity index (χ2n) is 7.61. The third-order valence-corrected chi connectivity index (χ3v) is 6.43. The van der Waals surface area contributed by atoms with Gasteiger partial charge in [0.25, 0.3) is 0 Å². The van der Waals surface area contributed by atoms with Crippen molar-refractivity contribution in [1.29, 1.82) is 0 Å². The van der Waals surface area contributed by atoms with E-state index in [0.29, 0.717) is 36.8 Å². The summed E-state index contributed by atoms with van der Waals surface area (Å²) in [5.74, 6) is 0.213. The highest BCUT2D eigenvalue weighted by atomic mass is 32.2. The summed E-state index contributed by atoms with van der Waals surface area (Å²) in [5.41, 5.74) is 0.0543. The molecule has 33 heavy (non-hydrogen) atoms. The summed E-state index contributed by atoms with van der Waals surface area (Å²) >= 11 is 0. The molecule has 2 aromatic rings. The van der Waals surface area contributed by atoms with E-state index in [4.69, 9.17) is 4.74 Å². The summed E-state index contributed by atoms with van der Waals surface area (Å²) in [6, 6.07) is 11.5. The maximum absolute atomic E-state index is 13.0. The molecule has 0 aromatic heterocycles. The summed E-state index contributed by atoms with van der Waals surface area (Å²) in [6.45, 7) is 3.18. The van der Waals surface area contributed by atoms with Crippen LogP contribution in [-0.4, -0.2) is 64.8 Å². The molecule has 1 saturated heterocycles. The van der Waals surface area contributed by atoms with Crippen molar-refractivity contribution in [2.75, 3.05) is 54.8 Å². The fourth-order valence-electron chi connectivity index (χ4n) is 3.59. The van der Waals surface area contributed by atoms with E-state index in [1.165, 1.54) is 11.0 Å². The van der Waals surface area contributed by atoms with E-state index >= 15 is 0 Å². The number of piperazine rings is 1. The molecule has 1 aliphatic rings. The number of benzene rings is 2. The van der Waals surface area contributed by atoms with Crippen LogP contribution in [0.5, 0.6) is 5.75 Å². The monoisotopic (exact) mass is 485 g/mol. The molecule has 11 heteroatoms. The maximum atomic E-state index is 13.0. The molecule has 0 aliphatic carbocycles. The number of anilines is 2. The SMILES string of the molecule is CCOc1ccc(N(CC(=O)N2CCN(c3cccc(C(F)(F)F)c3)CC2)S(C)(=O)=O)cc1. The molecule has 2 aromatic carbocycles. The van der Waals surface area contributed by atoms with Crippen molar-refractivity contribution < 1.29 is 31.1 Å². The number of ether oxygens (including phenoxy) is 1. The molecule has 0 N–H and O–H groups in total. The minimum absolute atomic E-state index is 0.274. The van der Waals surface area contributed by atoms with Gasteiger partial charge >= 0.3 is 6.18 Å². The van der Waals surface area contributed by atoms with Crippen molar-refractivity contribution in [3.05, 3.63) is 54.1 Å². The van der Waals surface area contributed by atoms with Gasteiger partial charge in [-0.05, 0) is 49.4 Å². The quantitative estimate of drug-likeness (QED) is 0.603. The van der Waals surface area contributed by atoms with Gasteiger partial charge in [-0.3, -0.25) is 9.10 Å². The van der Waals surface area contributed by atoms with Crippen molar-refractivity contribution >= 4 is 27.3 Å². The van der Waals surface area contributed by atoms with E-state index in [0.717, 1.165) is 22.7 Å². The summed E-state index contributed by atoms with van der Waals surface area (Å²) < 4.78 is 70.0. The van der Waals surface area contributed by atoms with Gasteiger partial charge in [-0.2, -0.15) is 13.2 Å². The number of halogens is 3. The fourth-order valence-corrected chi connectivity index (χ4v) is 4.44. The first kappa shape index (κ1) is 24.7. The van der Waals surface area contributed by atoms with E-state index in [9.17, 15) is 26.4 Å². The molecule has 0 saturated carbocycles. The molecular weight excluding hydrogens is 459 g/mol. The van der Waals surface area contributed by atoms with Crippen LogP contribution in [0.4, 0.5) is 24.5 Å². The van der Waals surface area contributed by atoms with E-state index < -0.39 is 21.8 Å². The van der Waals surface area contributed by atoms with Crippen LogP contribution in [0.2, 0.25) is 0 Å². The van der Waals surface area contributed by atoms with Crippen molar-refractivity contribution in [1.82, 2.24) is 4.90 Å². The second-order valence-corrected chi connectivity index (χ2v) is 9.52. The van der Waals surface area contributed by atoms with Crippen molar-refractivity contribution in [3.8, 4) is 5.75 Å². The van der Waals surface area contributed by atoms with Crippen molar-refractivity contribution in [2.24, 2.45) is 0 Å². The lowest BCUT2D eigenvalue weighted by molar-refractivity contribution is -0.137. The van der Waals surface area contributed by atoms with Gasteiger partial charge in [-0.15, -0.1) is 0 Å². The predicted molar refractivity (Wildman–Crippen MR) is 120 cm³/mol. The van der Waals surface area contributed by atoms with Gasteiger partial charge in [-0.1, -0.05) is 6.07 Å². The Labute approximate surface area is 191 Å². The van der Waals surface area contributed by atoms with E-state index in [-0.39, 0.29) is 25.5 Å². The van der Waals surface area contributed by atoms with Crippen LogP contribution in [0, 0.1) is 0 Å². The zero-order chi connectivity index (χ0) is 24.2. The van der Waals surface area contributed by atoms with Crippen LogP contribution < -0.4 is 13.9 Å². The van der Waals surface area contributed by atoms with Crippen LogP contribution in [0.3, 0.4) is 0 Å². The first-order valence-corrected chi connectivity index (χ1v) is 12.2. The normalized spacial score (nSPS) is 14.8. The number of nitrogens with zero attached hydrogens (tertiary/aromatic N) is 3. The van der Waals surface area contributed by atoms with Gasteiger partial charge in [0.1, 0.15) is 12.3 Å². The average Bonchev–Trinajstić information content (AvgIpc) is 2.77. The molecular formula is C22H26F3N3O4S. The lowest BCUT2D eigenvalue weighted by atomic mass is 10.1. The Morgan fingerprint density at radius 2 is 1.70 bits per heavy atom. The molecule has 7 nitrogen and oxygen atoms in total. The summed E-state index contributed by atoms with van der Waals surface area (Å²) in [7, 11) is -3.72. The number of hydrogen-bond donors (Lipinski definition) is 0. The van der Waals surface area contributed by atoms with Gasteiger partial charge in [0, 0.05) is 31.9 Å². The molecule has 0 spiro atoms. The molecule has 3 rings (SSSR count). The Hall–Kier alpha value is -2.95.